The highest BCUT2D eigenvalue weighted by atomic mass is 16.6. The van der Waals surface area contributed by atoms with Crippen LogP contribution in [-0.4, -0.2) is 0 Å². The van der Waals surface area contributed by atoms with Gasteiger partial charge in [-0.1, -0.05) is 218 Å². The summed E-state index contributed by atoms with van der Waals surface area (Å²) >= 11 is 0. The second-order valence-electron chi connectivity index (χ2n) is 18.4. The van der Waals surface area contributed by atoms with Crippen molar-refractivity contribution in [3.63, 3.8) is 0 Å². The van der Waals surface area contributed by atoms with Crippen LogP contribution in [0.5, 0.6) is 23.0 Å². The lowest BCUT2D eigenvalue weighted by Gasteiger charge is -2.33. The van der Waals surface area contributed by atoms with Gasteiger partial charge in [0.25, 0.3) is 0 Å². The Kier molecular flexibility index (Phi) is 11.5. The van der Waals surface area contributed by atoms with E-state index in [1.165, 1.54) is 22.3 Å². The van der Waals surface area contributed by atoms with Crippen LogP contribution in [-0.2, 0) is 0 Å². The van der Waals surface area contributed by atoms with E-state index in [9.17, 15) is 0 Å². The van der Waals surface area contributed by atoms with Crippen molar-refractivity contribution in [3.8, 4) is 78.6 Å². The first-order valence-corrected chi connectivity index (χ1v) is 25.1. The number of fused-ring (bicyclic) bond motifs is 3. The monoisotopic (exact) mass is 948 g/mol. The third-order valence-electron chi connectivity index (χ3n) is 13.9. The fourth-order valence-electron chi connectivity index (χ4n) is 10.3. The van der Waals surface area contributed by atoms with Crippen molar-refractivity contribution in [2.24, 2.45) is 0 Å². The normalized spacial score (nSPS) is 11.5. The third-order valence-corrected chi connectivity index (χ3v) is 13.9. The van der Waals surface area contributed by atoms with E-state index in [4.69, 9.17) is 9.47 Å². The smallest absolute Gasteiger partial charge is 0.195 e. The Morgan fingerprint density at radius 3 is 0.838 bits per heavy atom. The predicted octanol–water partition coefficient (Wildman–Crippen LogP) is 20.0. The van der Waals surface area contributed by atoms with Crippen LogP contribution in [0.25, 0.3) is 66.4 Å². The summed E-state index contributed by atoms with van der Waals surface area (Å²) in [5, 5.41) is 2.06. The fourth-order valence-corrected chi connectivity index (χ4v) is 10.3. The molecule has 0 radical (unpaired) electrons. The molecule has 0 unspecified atom stereocenters. The van der Waals surface area contributed by atoms with Crippen molar-refractivity contribution in [2.45, 2.75) is 0 Å². The van der Waals surface area contributed by atoms with Crippen LogP contribution in [0.1, 0.15) is 0 Å². The highest BCUT2D eigenvalue weighted by Crippen LogP contribution is 2.60. The molecule has 1 heterocycles. The number of ether oxygens (including phenoxy) is 2. The molecule has 0 spiro atoms. The van der Waals surface area contributed by atoms with Gasteiger partial charge >= 0.3 is 0 Å². The quantitative estimate of drug-likeness (QED) is 0.129. The molecule has 74 heavy (non-hydrogen) atoms. The molecule has 0 fully saturated rings. The predicted molar refractivity (Wildman–Crippen MR) is 307 cm³/mol. The van der Waals surface area contributed by atoms with Crippen molar-refractivity contribution in [3.05, 3.63) is 291 Å². The first-order chi connectivity index (χ1) is 36.7. The lowest BCUT2D eigenvalue weighted by Crippen LogP contribution is -2.14. The summed E-state index contributed by atoms with van der Waals surface area (Å²) in [6.07, 6.45) is 0. The van der Waals surface area contributed by atoms with Gasteiger partial charge in [-0.2, -0.15) is 0 Å². The van der Waals surface area contributed by atoms with E-state index in [0.717, 1.165) is 78.3 Å². The van der Waals surface area contributed by atoms with Crippen molar-refractivity contribution < 1.29 is 9.47 Å². The average Bonchev–Trinajstić information content (AvgIpc) is 3.49. The number of anilines is 6. The van der Waals surface area contributed by atoms with E-state index < -0.39 is 0 Å². The highest BCUT2D eigenvalue weighted by Gasteiger charge is 2.33. The molecule has 0 amide bonds. The molecule has 0 saturated heterocycles. The van der Waals surface area contributed by atoms with Crippen LogP contribution in [0.15, 0.2) is 291 Å². The van der Waals surface area contributed by atoms with Gasteiger partial charge < -0.3 is 19.3 Å². The molecule has 0 atom stereocenters. The Bertz CT molecular complexity index is 3720. The number of benzene rings is 12. The second-order valence-corrected chi connectivity index (χ2v) is 18.4. The molecule has 0 saturated carbocycles. The van der Waals surface area contributed by atoms with Crippen LogP contribution >= 0.6 is 0 Å². The lowest BCUT2D eigenvalue weighted by atomic mass is 9.93. The molecular weight excluding hydrogens is 901 g/mol. The van der Waals surface area contributed by atoms with Crippen LogP contribution in [0.2, 0.25) is 0 Å². The Morgan fingerprint density at radius 1 is 0.203 bits per heavy atom. The molecule has 13 rings (SSSR count). The van der Waals surface area contributed by atoms with Crippen LogP contribution < -0.4 is 19.3 Å². The van der Waals surface area contributed by atoms with Crippen LogP contribution in [0.3, 0.4) is 0 Å². The first-order valence-electron chi connectivity index (χ1n) is 25.1. The molecule has 0 bridgehead atoms. The minimum absolute atomic E-state index is 0.638. The topological polar surface area (TPSA) is 24.9 Å². The lowest BCUT2D eigenvalue weighted by molar-refractivity contribution is 0.362. The number of para-hydroxylation sites is 2. The van der Waals surface area contributed by atoms with E-state index in [2.05, 4.69) is 277 Å². The second kappa shape index (κ2) is 19.4. The first kappa shape index (κ1) is 44.1. The fraction of sp³-hybridized carbons (Fsp3) is 0. The average molecular weight is 949 g/mol. The van der Waals surface area contributed by atoms with Crippen LogP contribution in [0.4, 0.5) is 34.1 Å². The molecule has 1 aliphatic heterocycles. The summed E-state index contributed by atoms with van der Waals surface area (Å²) in [6, 6.07) is 103. The zero-order chi connectivity index (χ0) is 49.2. The van der Waals surface area contributed by atoms with Gasteiger partial charge in [-0.3, -0.25) is 0 Å². The summed E-state index contributed by atoms with van der Waals surface area (Å²) in [5.74, 6) is 2.61. The minimum atomic E-state index is 0.638. The summed E-state index contributed by atoms with van der Waals surface area (Å²) in [7, 11) is 0. The molecular formula is C70H48N2O2. The number of hydrogen-bond acceptors (Lipinski definition) is 4. The molecule has 350 valence electrons. The van der Waals surface area contributed by atoms with E-state index in [1.54, 1.807) is 0 Å². The summed E-state index contributed by atoms with van der Waals surface area (Å²) in [6.45, 7) is 0. The van der Waals surface area contributed by atoms with Gasteiger partial charge in [-0.15, -0.1) is 0 Å². The Morgan fingerprint density at radius 2 is 0.473 bits per heavy atom. The maximum absolute atomic E-state index is 7.17. The van der Waals surface area contributed by atoms with Gasteiger partial charge in [-0.25, -0.2) is 0 Å². The number of hydrogen-bond donors (Lipinski definition) is 0. The summed E-state index contributed by atoms with van der Waals surface area (Å²) in [5.41, 5.74) is 17.2. The van der Waals surface area contributed by atoms with Crippen molar-refractivity contribution in [1.29, 1.82) is 0 Å². The molecule has 12 aromatic carbocycles. The van der Waals surface area contributed by atoms with Crippen molar-refractivity contribution >= 4 is 44.9 Å². The maximum Gasteiger partial charge on any atom is 0.195 e. The Balaban J connectivity index is 0.966. The van der Waals surface area contributed by atoms with Gasteiger partial charge in [-0.05, 0) is 128 Å². The Labute approximate surface area is 431 Å². The molecule has 0 aromatic heterocycles. The largest absolute Gasteiger partial charge is 0.449 e. The SMILES string of the molecule is c1ccc(-c2ccc(N(c3ccc(-c4ccccc4)cc3)c3ccc(-c4c5c(c(N(c6ccc(-c7ccccc7)cc6)c6ccc(-c7ccccc7)cc6)c6ccccc46)Oc4ccccc4O5)cc3)cc2)cc1. The van der Waals surface area contributed by atoms with Gasteiger partial charge in [0.05, 0.1) is 0 Å². The summed E-state index contributed by atoms with van der Waals surface area (Å²) < 4.78 is 14.3. The molecule has 1 aliphatic rings. The molecule has 12 aromatic rings. The minimum Gasteiger partial charge on any atom is -0.449 e. The number of rotatable bonds is 11. The molecule has 4 heteroatoms. The van der Waals surface area contributed by atoms with E-state index in [1.807, 2.05) is 24.3 Å². The van der Waals surface area contributed by atoms with Crippen LogP contribution in [0, 0.1) is 0 Å². The van der Waals surface area contributed by atoms with Gasteiger partial charge in [0, 0.05) is 39.4 Å². The van der Waals surface area contributed by atoms with Gasteiger partial charge in [0.2, 0.25) is 0 Å². The highest BCUT2D eigenvalue weighted by molar-refractivity contribution is 6.12. The zero-order valence-corrected chi connectivity index (χ0v) is 40.4. The van der Waals surface area contributed by atoms with E-state index in [-0.39, 0.29) is 0 Å². The van der Waals surface area contributed by atoms with Crippen molar-refractivity contribution in [1.82, 2.24) is 0 Å². The maximum atomic E-state index is 7.17. The van der Waals surface area contributed by atoms with Gasteiger partial charge in [0.1, 0.15) is 5.69 Å². The van der Waals surface area contributed by atoms with Gasteiger partial charge in [0.15, 0.2) is 23.0 Å². The standard InChI is InChI=1S/C70H48N2O2/c1-5-17-49(18-6-1)53-29-39-58(40-30-53)71(59-41-31-54(32-42-59)50-19-7-2-8-20-50)60-47-37-57(38-48-60)67-63-25-13-14-26-64(63)68(70-69(67)73-65-27-15-16-28-66(65)74-70)72(61-43-33-55(34-44-61)51-21-9-3-10-22-51)62-45-35-56(36-46-62)52-23-11-4-12-24-52/h1-48H. The third kappa shape index (κ3) is 8.40. The molecule has 0 aliphatic carbocycles. The summed E-state index contributed by atoms with van der Waals surface area (Å²) in [4.78, 5) is 4.64. The molecule has 4 nitrogen and oxygen atoms in total. The Hall–Kier alpha value is -9.90. The molecule has 0 N–H and O–H groups in total. The zero-order valence-electron chi connectivity index (χ0n) is 40.4. The van der Waals surface area contributed by atoms with E-state index in [0.29, 0.717) is 23.0 Å². The number of nitrogens with zero attached hydrogens (tertiary/aromatic N) is 2. The van der Waals surface area contributed by atoms with Crippen molar-refractivity contribution in [2.75, 3.05) is 9.80 Å². The van der Waals surface area contributed by atoms with E-state index >= 15 is 0 Å².